The molecule has 168 valence electrons. The number of amides is 1. The van der Waals surface area contributed by atoms with Crippen molar-refractivity contribution in [2.75, 3.05) is 18.8 Å². The Kier molecular flexibility index (Phi) is 7.84. The van der Waals surface area contributed by atoms with Crippen LogP contribution in [0, 0.1) is 6.92 Å². The monoisotopic (exact) mass is 469 g/mol. The van der Waals surface area contributed by atoms with Gasteiger partial charge in [0.15, 0.2) is 11.0 Å². The summed E-state index contributed by atoms with van der Waals surface area (Å²) in [6, 6.07) is 15.7. The molecule has 0 saturated carbocycles. The zero-order valence-electron chi connectivity index (χ0n) is 18.3. The Bertz CT molecular complexity index is 1050. The van der Waals surface area contributed by atoms with E-state index in [0.717, 1.165) is 36.7 Å². The molecule has 0 radical (unpaired) electrons. The summed E-state index contributed by atoms with van der Waals surface area (Å²) in [6.45, 7) is 5.48. The SMILES string of the molecule is Cc1ccccc1CNC(=O)CSc1nnc(CN2CCCCC2)n1-c1ccc(Cl)cc1. The normalized spacial score (nSPS) is 14.4. The van der Waals surface area contributed by atoms with E-state index in [1.165, 1.54) is 36.6 Å². The number of hydrogen-bond acceptors (Lipinski definition) is 5. The summed E-state index contributed by atoms with van der Waals surface area (Å²) >= 11 is 7.50. The van der Waals surface area contributed by atoms with Gasteiger partial charge in [-0.2, -0.15) is 0 Å². The molecule has 0 spiro atoms. The zero-order chi connectivity index (χ0) is 22.3. The average Bonchev–Trinajstić information content (AvgIpc) is 3.20. The molecule has 1 fully saturated rings. The summed E-state index contributed by atoms with van der Waals surface area (Å²) in [5.41, 5.74) is 3.25. The number of hydrogen-bond donors (Lipinski definition) is 1. The van der Waals surface area contributed by atoms with Gasteiger partial charge in [0.1, 0.15) is 0 Å². The number of benzene rings is 2. The van der Waals surface area contributed by atoms with Gasteiger partial charge in [0.25, 0.3) is 0 Å². The quantitative estimate of drug-likeness (QED) is 0.487. The fourth-order valence-electron chi connectivity index (χ4n) is 3.85. The first-order valence-electron chi connectivity index (χ1n) is 11.0. The van der Waals surface area contributed by atoms with E-state index >= 15 is 0 Å². The molecule has 2 aromatic carbocycles. The molecule has 32 heavy (non-hydrogen) atoms. The van der Waals surface area contributed by atoms with E-state index in [2.05, 4.69) is 33.4 Å². The third kappa shape index (κ3) is 5.91. The van der Waals surface area contributed by atoms with Crippen molar-refractivity contribution in [2.24, 2.45) is 0 Å². The third-order valence-corrected chi connectivity index (χ3v) is 6.85. The predicted molar refractivity (Wildman–Crippen MR) is 129 cm³/mol. The van der Waals surface area contributed by atoms with Crippen LogP contribution in [0.15, 0.2) is 53.7 Å². The maximum absolute atomic E-state index is 12.5. The van der Waals surface area contributed by atoms with E-state index in [-0.39, 0.29) is 11.7 Å². The number of likely N-dealkylation sites (tertiary alicyclic amines) is 1. The first kappa shape index (κ1) is 22.8. The van der Waals surface area contributed by atoms with Gasteiger partial charge in [-0.3, -0.25) is 14.3 Å². The van der Waals surface area contributed by atoms with E-state index in [1.54, 1.807) is 0 Å². The van der Waals surface area contributed by atoms with Crippen molar-refractivity contribution >= 4 is 29.3 Å². The predicted octanol–water partition coefficient (Wildman–Crippen LogP) is 4.62. The van der Waals surface area contributed by atoms with Crippen LogP contribution in [0.1, 0.15) is 36.2 Å². The Hall–Kier alpha value is -2.35. The maximum atomic E-state index is 12.5. The van der Waals surface area contributed by atoms with Gasteiger partial charge in [0, 0.05) is 17.3 Å². The smallest absolute Gasteiger partial charge is 0.230 e. The van der Waals surface area contributed by atoms with E-state index < -0.39 is 0 Å². The lowest BCUT2D eigenvalue weighted by molar-refractivity contribution is -0.118. The van der Waals surface area contributed by atoms with Crippen LogP contribution in [0.25, 0.3) is 5.69 Å². The van der Waals surface area contributed by atoms with Crippen molar-refractivity contribution in [1.82, 2.24) is 25.0 Å². The summed E-state index contributed by atoms with van der Waals surface area (Å²) in [4.78, 5) is 14.9. The molecule has 1 amide bonds. The Morgan fingerprint density at radius 1 is 1.06 bits per heavy atom. The standard InChI is InChI=1S/C24H28ClN5OS/c1-18-7-3-4-8-19(18)15-26-23(31)17-32-24-28-27-22(16-29-13-5-2-6-14-29)30(24)21-11-9-20(25)10-12-21/h3-4,7-12H,2,5-6,13-17H2,1H3,(H,26,31). The van der Waals surface area contributed by atoms with Gasteiger partial charge < -0.3 is 5.32 Å². The van der Waals surface area contributed by atoms with Crippen LogP contribution in [0.5, 0.6) is 0 Å². The van der Waals surface area contributed by atoms with Gasteiger partial charge in [0.05, 0.1) is 12.3 Å². The van der Waals surface area contributed by atoms with Crippen molar-refractivity contribution < 1.29 is 4.79 Å². The summed E-state index contributed by atoms with van der Waals surface area (Å²) < 4.78 is 2.05. The molecular formula is C24H28ClN5OS. The molecule has 0 bridgehead atoms. The Balaban J connectivity index is 1.45. The molecule has 0 atom stereocenters. The maximum Gasteiger partial charge on any atom is 0.230 e. The molecule has 1 aliphatic heterocycles. The average molecular weight is 470 g/mol. The van der Waals surface area contributed by atoms with Crippen LogP contribution in [0.2, 0.25) is 5.02 Å². The second kappa shape index (κ2) is 11.0. The minimum atomic E-state index is -0.0264. The van der Waals surface area contributed by atoms with Crippen LogP contribution in [0.3, 0.4) is 0 Å². The first-order valence-corrected chi connectivity index (χ1v) is 12.3. The van der Waals surface area contributed by atoms with Crippen molar-refractivity contribution in [2.45, 2.75) is 44.4 Å². The van der Waals surface area contributed by atoms with Crippen molar-refractivity contribution in [3.8, 4) is 5.69 Å². The van der Waals surface area contributed by atoms with Gasteiger partial charge in [0.2, 0.25) is 5.91 Å². The van der Waals surface area contributed by atoms with Crippen molar-refractivity contribution in [3.63, 3.8) is 0 Å². The molecular weight excluding hydrogens is 442 g/mol. The summed E-state index contributed by atoms with van der Waals surface area (Å²) in [5.74, 6) is 1.14. The molecule has 1 aliphatic rings. The lowest BCUT2D eigenvalue weighted by Gasteiger charge is -2.26. The number of nitrogens with zero attached hydrogens (tertiary/aromatic N) is 4. The third-order valence-electron chi connectivity index (χ3n) is 5.67. The number of thioether (sulfide) groups is 1. The summed E-state index contributed by atoms with van der Waals surface area (Å²) in [5, 5.41) is 13.3. The molecule has 3 aromatic rings. The fourth-order valence-corrected chi connectivity index (χ4v) is 4.77. The van der Waals surface area contributed by atoms with Gasteiger partial charge in [-0.25, -0.2) is 0 Å². The number of aryl methyl sites for hydroxylation is 1. The minimum absolute atomic E-state index is 0.0264. The number of rotatable bonds is 8. The topological polar surface area (TPSA) is 63.1 Å². The second-order valence-electron chi connectivity index (χ2n) is 8.04. The van der Waals surface area contributed by atoms with E-state index in [1.807, 2.05) is 47.0 Å². The molecule has 1 N–H and O–H groups in total. The Morgan fingerprint density at radius 3 is 2.56 bits per heavy atom. The number of piperidine rings is 1. The number of nitrogens with one attached hydrogen (secondary N) is 1. The highest BCUT2D eigenvalue weighted by molar-refractivity contribution is 7.99. The second-order valence-corrected chi connectivity index (χ2v) is 9.42. The molecule has 2 heterocycles. The van der Waals surface area contributed by atoms with Gasteiger partial charge in [-0.1, -0.05) is 54.0 Å². The molecule has 6 nitrogen and oxygen atoms in total. The largest absolute Gasteiger partial charge is 0.351 e. The zero-order valence-corrected chi connectivity index (χ0v) is 19.8. The van der Waals surface area contributed by atoms with Crippen LogP contribution in [-0.4, -0.2) is 44.4 Å². The fraction of sp³-hybridized carbons (Fsp3) is 0.375. The van der Waals surface area contributed by atoms with E-state index in [9.17, 15) is 4.79 Å². The van der Waals surface area contributed by atoms with Gasteiger partial charge in [-0.05, 0) is 68.2 Å². The number of halogens is 1. The number of aromatic nitrogens is 3. The molecule has 4 rings (SSSR count). The molecule has 8 heteroatoms. The molecule has 0 unspecified atom stereocenters. The van der Waals surface area contributed by atoms with Crippen LogP contribution >= 0.6 is 23.4 Å². The van der Waals surface area contributed by atoms with Crippen molar-refractivity contribution in [1.29, 1.82) is 0 Å². The van der Waals surface area contributed by atoms with E-state index in [0.29, 0.717) is 16.7 Å². The first-order chi connectivity index (χ1) is 15.6. The molecule has 1 aromatic heterocycles. The van der Waals surface area contributed by atoms with Crippen LogP contribution < -0.4 is 5.32 Å². The highest BCUT2D eigenvalue weighted by Crippen LogP contribution is 2.24. The lowest BCUT2D eigenvalue weighted by atomic mass is 10.1. The van der Waals surface area contributed by atoms with Crippen molar-refractivity contribution in [3.05, 3.63) is 70.5 Å². The molecule has 0 aliphatic carbocycles. The summed E-state index contributed by atoms with van der Waals surface area (Å²) in [6.07, 6.45) is 3.73. The number of carbonyl (C=O) groups excluding carboxylic acids is 1. The van der Waals surface area contributed by atoms with Crippen LogP contribution in [0.4, 0.5) is 0 Å². The molecule has 1 saturated heterocycles. The van der Waals surface area contributed by atoms with Gasteiger partial charge in [-0.15, -0.1) is 10.2 Å². The Morgan fingerprint density at radius 2 is 1.81 bits per heavy atom. The van der Waals surface area contributed by atoms with E-state index in [4.69, 9.17) is 11.6 Å². The highest BCUT2D eigenvalue weighted by atomic mass is 35.5. The number of carbonyl (C=O) groups is 1. The highest BCUT2D eigenvalue weighted by Gasteiger charge is 2.19. The Labute approximate surface area is 198 Å². The lowest BCUT2D eigenvalue weighted by Crippen LogP contribution is -2.30. The van der Waals surface area contributed by atoms with Crippen LogP contribution in [-0.2, 0) is 17.9 Å². The minimum Gasteiger partial charge on any atom is -0.351 e. The summed E-state index contributed by atoms with van der Waals surface area (Å²) in [7, 11) is 0. The van der Waals surface area contributed by atoms with Gasteiger partial charge >= 0.3 is 0 Å².